The number of carbonyl (C=O) groups excluding carboxylic acids is 1. The molecule has 104 valence electrons. The van der Waals surface area contributed by atoms with Crippen molar-refractivity contribution in [2.45, 2.75) is 19.8 Å². The molecule has 0 amide bonds. The molecule has 0 aliphatic carbocycles. The molecule has 2 aromatic rings. The van der Waals surface area contributed by atoms with E-state index in [1.165, 1.54) is 6.07 Å². The van der Waals surface area contributed by atoms with Gasteiger partial charge in [-0.1, -0.05) is 37.3 Å². The van der Waals surface area contributed by atoms with Crippen LogP contribution in [0.2, 0.25) is 0 Å². The molecule has 3 heteroatoms. The molecule has 0 aromatic heterocycles. The van der Waals surface area contributed by atoms with Crippen molar-refractivity contribution in [1.82, 2.24) is 0 Å². The summed E-state index contributed by atoms with van der Waals surface area (Å²) in [5.41, 5.74) is 2.21. The highest BCUT2D eigenvalue weighted by atomic mass is 16.5. The highest BCUT2D eigenvalue weighted by Crippen LogP contribution is 2.29. The van der Waals surface area contributed by atoms with Crippen LogP contribution < -0.4 is 4.74 Å². The molecular formula is C17H18O3. The average Bonchev–Trinajstić information content (AvgIpc) is 2.47. The molecule has 0 bridgehead atoms. The first kappa shape index (κ1) is 14.1. The topological polar surface area (TPSA) is 46.5 Å². The molecule has 3 nitrogen and oxygen atoms in total. The van der Waals surface area contributed by atoms with Crippen LogP contribution in [0.3, 0.4) is 0 Å². The van der Waals surface area contributed by atoms with Gasteiger partial charge in [-0.2, -0.15) is 0 Å². The zero-order valence-corrected chi connectivity index (χ0v) is 11.7. The number of phenolic OH excluding ortho intramolecular Hbond substituents is 1. The third-order valence-corrected chi connectivity index (χ3v) is 3.29. The van der Waals surface area contributed by atoms with Crippen LogP contribution in [0.15, 0.2) is 42.5 Å². The van der Waals surface area contributed by atoms with Gasteiger partial charge in [0, 0.05) is 12.5 Å². The van der Waals surface area contributed by atoms with Crippen LogP contribution in [-0.4, -0.2) is 18.0 Å². The summed E-state index contributed by atoms with van der Waals surface area (Å²) in [4.78, 5) is 12.3. The van der Waals surface area contributed by atoms with Gasteiger partial charge in [-0.3, -0.25) is 4.79 Å². The number of aromatic hydroxyl groups is 1. The van der Waals surface area contributed by atoms with E-state index in [4.69, 9.17) is 4.74 Å². The van der Waals surface area contributed by atoms with Crippen LogP contribution in [0.4, 0.5) is 0 Å². The standard InChI is InChI=1S/C17H18O3/c1-3-13-10-14(16(19)11-17(13)20-2)15(18)9-12-7-5-4-6-8-12/h4-8,10-11,19H,3,9H2,1-2H3. The molecule has 0 aliphatic rings. The van der Waals surface area contributed by atoms with Crippen LogP contribution in [0, 0.1) is 0 Å². The van der Waals surface area contributed by atoms with Crippen molar-refractivity contribution >= 4 is 5.78 Å². The number of aryl methyl sites for hydroxylation is 1. The summed E-state index contributed by atoms with van der Waals surface area (Å²) in [5.74, 6) is 0.493. The van der Waals surface area contributed by atoms with E-state index in [0.29, 0.717) is 11.3 Å². The number of hydrogen-bond acceptors (Lipinski definition) is 3. The molecule has 0 spiro atoms. The highest BCUT2D eigenvalue weighted by molar-refractivity contribution is 6.00. The quantitative estimate of drug-likeness (QED) is 0.847. The van der Waals surface area contributed by atoms with Gasteiger partial charge in [0.25, 0.3) is 0 Å². The van der Waals surface area contributed by atoms with Crippen LogP contribution in [0.1, 0.15) is 28.4 Å². The van der Waals surface area contributed by atoms with Gasteiger partial charge in [0.2, 0.25) is 0 Å². The molecule has 0 aliphatic heterocycles. The molecule has 0 heterocycles. The second kappa shape index (κ2) is 6.24. The lowest BCUT2D eigenvalue weighted by Crippen LogP contribution is -2.05. The lowest BCUT2D eigenvalue weighted by molar-refractivity contribution is 0.0990. The Hall–Kier alpha value is -2.29. The van der Waals surface area contributed by atoms with Gasteiger partial charge in [-0.25, -0.2) is 0 Å². The molecule has 0 saturated heterocycles. The van der Waals surface area contributed by atoms with E-state index in [9.17, 15) is 9.90 Å². The second-order valence-corrected chi connectivity index (χ2v) is 4.62. The summed E-state index contributed by atoms with van der Waals surface area (Å²) in [6.45, 7) is 1.99. The molecule has 0 saturated carbocycles. The maximum absolute atomic E-state index is 12.3. The average molecular weight is 270 g/mol. The minimum Gasteiger partial charge on any atom is -0.507 e. The Morgan fingerprint density at radius 1 is 1.20 bits per heavy atom. The first-order valence-corrected chi connectivity index (χ1v) is 6.62. The Balaban J connectivity index is 2.30. The van der Waals surface area contributed by atoms with Crippen molar-refractivity contribution in [2.24, 2.45) is 0 Å². The number of hydrogen-bond donors (Lipinski definition) is 1. The molecule has 20 heavy (non-hydrogen) atoms. The minimum atomic E-state index is -0.0916. The first-order chi connectivity index (χ1) is 9.65. The summed E-state index contributed by atoms with van der Waals surface area (Å²) < 4.78 is 5.20. The van der Waals surface area contributed by atoms with Crippen LogP contribution >= 0.6 is 0 Å². The molecule has 2 rings (SSSR count). The number of phenols is 1. The van der Waals surface area contributed by atoms with Crippen molar-refractivity contribution < 1.29 is 14.6 Å². The van der Waals surface area contributed by atoms with E-state index >= 15 is 0 Å². The molecule has 2 aromatic carbocycles. The largest absolute Gasteiger partial charge is 0.507 e. The fourth-order valence-electron chi connectivity index (χ4n) is 2.18. The number of carbonyl (C=O) groups is 1. The van der Waals surface area contributed by atoms with Gasteiger partial charge in [0.15, 0.2) is 5.78 Å². The number of benzene rings is 2. The summed E-state index contributed by atoms with van der Waals surface area (Å²) in [6.07, 6.45) is 1.03. The maximum Gasteiger partial charge on any atom is 0.170 e. The van der Waals surface area contributed by atoms with Crippen molar-refractivity contribution in [3.63, 3.8) is 0 Å². The lowest BCUT2D eigenvalue weighted by Gasteiger charge is -2.11. The Morgan fingerprint density at radius 3 is 2.50 bits per heavy atom. The van der Waals surface area contributed by atoms with Gasteiger partial charge in [0.1, 0.15) is 11.5 Å². The number of rotatable bonds is 5. The highest BCUT2D eigenvalue weighted by Gasteiger charge is 2.15. The molecule has 0 fully saturated rings. The van der Waals surface area contributed by atoms with E-state index in [-0.39, 0.29) is 18.0 Å². The number of ether oxygens (including phenoxy) is 1. The van der Waals surface area contributed by atoms with Crippen molar-refractivity contribution in [2.75, 3.05) is 7.11 Å². The van der Waals surface area contributed by atoms with E-state index in [1.807, 2.05) is 37.3 Å². The number of methoxy groups -OCH3 is 1. The lowest BCUT2D eigenvalue weighted by atomic mass is 9.99. The van der Waals surface area contributed by atoms with Crippen LogP contribution in [0.25, 0.3) is 0 Å². The first-order valence-electron chi connectivity index (χ1n) is 6.62. The van der Waals surface area contributed by atoms with Crippen molar-refractivity contribution in [3.8, 4) is 11.5 Å². The van der Waals surface area contributed by atoms with E-state index in [2.05, 4.69) is 0 Å². The molecule has 0 atom stereocenters. The van der Waals surface area contributed by atoms with Crippen LogP contribution in [-0.2, 0) is 12.8 Å². The Bertz CT molecular complexity index is 603. The molecular weight excluding hydrogens is 252 g/mol. The second-order valence-electron chi connectivity index (χ2n) is 4.62. The third kappa shape index (κ3) is 2.99. The smallest absolute Gasteiger partial charge is 0.170 e. The van der Waals surface area contributed by atoms with E-state index < -0.39 is 0 Å². The molecule has 0 radical (unpaired) electrons. The fraction of sp³-hybridized carbons (Fsp3) is 0.235. The van der Waals surface area contributed by atoms with E-state index in [0.717, 1.165) is 17.5 Å². The summed E-state index contributed by atoms with van der Waals surface area (Å²) in [6, 6.07) is 12.7. The van der Waals surface area contributed by atoms with Gasteiger partial charge in [-0.05, 0) is 23.6 Å². The predicted molar refractivity (Wildman–Crippen MR) is 78.5 cm³/mol. The number of ketones is 1. The normalized spacial score (nSPS) is 10.3. The van der Waals surface area contributed by atoms with E-state index in [1.54, 1.807) is 13.2 Å². The third-order valence-electron chi connectivity index (χ3n) is 3.29. The number of Topliss-reactive ketones (excluding diaryl/α,β-unsaturated/α-hetero) is 1. The minimum absolute atomic E-state index is 0.0278. The summed E-state index contributed by atoms with van der Waals surface area (Å²) >= 11 is 0. The molecule has 1 N–H and O–H groups in total. The predicted octanol–water partition coefficient (Wildman–Crippen LogP) is 3.39. The fourth-order valence-corrected chi connectivity index (χ4v) is 2.18. The van der Waals surface area contributed by atoms with Crippen molar-refractivity contribution in [3.05, 3.63) is 59.2 Å². The SMILES string of the molecule is CCc1cc(C(=O)Cc2ccccc2)c(O)cc1OC. The zero-order chi connectivity index (χ0) is 14.5. The summed E-state index contributed by atoms with van der Waals surface area (Å²) in [5, 5.41) is 9.99. The van der Waals surface area contributed by atoms with Gasteiger partial charge >= 0.3 is 0 Å². The van der Waals surface area contributed by atoms with Gasteiger partial charge < -0.3 is 9.84 Å². The Labute approximate surface area is 118 Å². The zero-order valence-electron chi connectivity index (χ0n) is 11.7. The van der Waals surface area contributed by atoms with Crippen molar-refractivity contribution in [1.29, 1.82) is 0 Å². The van der Waals surface area contributed by atoms with Crippen LogP contribution in [0.5, 0.6) is 11.5 Å². The monoisotopic (exact) mass is 270 g/mol. The maximum atomic E-state index is 12.3. The van der Waals surface area contributed by atoms with Gasteiger partial charge in [-0.15, -0.1) is 0 Å². The summed E-state index contributed by atoms with van der Waals surface area (Å²) in [7, 11) is 1.55. The Kier molecular flexibility index (Phi) is 4.41. The Morgan fingerprint density at radius 2 is 1.90 bits per heavy atom. The molecule has 0 unspecified atom stereocenters. The van der Waals surface area contributed by atoms with Gasteiger partial charge in [0.05, 0.1) is 12.7 Å².